The molecule has 0 fully saturated rings. The molecule has 0 aromatic heterocycles. The van der Waals surface area contributed by atoms with Crippen LogP contribution in [0.15, 0.2) is 36.4 Å². The topological polar surface area (TPSA) is 54.0 Å². The minimum atomic E-state index is -0.402. The van der Waals surface area contributed by atoms with Crippen molar-refractivity contribution in [3.8, 4) is 17.2 Å². The van der Waals surface area contributed by atoms with E-state index < -0.39 is 5.97 Å². The molecular weight excluding hydrogens is 296 g/mol. The van der Waals surface area contributed by atoms with Crippen molar-refractivity contribution in [3.05, 3.63) is 53.1 Å². The summed E-state index contributed by atoms with van der Waals surface area (Å²) in [6.45, 7) is 0. The lowest BCUT2D eigenvalue weighted by atomic mass is 10.1. The molecule has 0 N–H and O–H groups in total. The molecule has 0 aliphatic carbocycles. The lowest BCUT2D eigenvalue weighted by molar-refractivity contribution is 0.0717. The first-order valence-electron chi connectivity index (χ1n) is 7.00. The number of rotatable bonds is 4. The summed E-state index contributed by atoms with van der Waals surface area (Å²) >= 11 is 0. The van der Waals surface area contributed by atoms with E-state index in [1.807, 2.05) is 24.3 Å². The molecule has 1 heterocycles. The van der Waals surface area contributed by atoms with Crippen LogP contribution in [-0.2, 0) is 4.74 Å². The summed E-state index contributed by atoms with van der Waals surface area (Å²) in [5, 5.41) is 0. The average molecular weight is 312 g/mol. The van der Waals surface area contributed by atoms with Gasteiger partial charge in [0.05, 0.1) is 26.9 Å². The number of hydrogen-bond donors (Lipinski definition) is 0. The summed E-state index contributed by atoms with van der Waals surface area (Å²) in [6.07, 6.45) is 1.80. The van der Waals surface area contributed by atoms with E-state index in [2.05, 4.69) is 0 Å². The first kappa shape index (κ1) is 15.0. The van der Waals surface area contributed by atoms with Crippen LogP contribution < -0.4 is 14.2 Å². The van der Waals surface area contributed by atoms with Gasteiger partial charge in [0, 0.05) is 5.56 Å². The van der Waals surface area contributed by atoms with Crippen LogP contribution >= 0.6 is 0 Å². The molecule has 23 heavy (non-hydrogen) atoms. The molecule has 0 amide bonds. The van der Waals surface area contributed by atoms with E-state index in [0.717, 1.165) is 11.3 Å². The minimum absolute atomic E-state index is 0.402. The van der Waals surface area contributed by atoms with Crippen molar-refractivity contribution in [2.24, 2.45) is 0 Å². The van der Waals surface area contributed by atoms with E-state index in [0.29, 0.717) is 28.4 Å². The van der Waals surface area contributed by atoms with Gasteiger partial charge >= 0.3 is 5.97 Å². The number of benzene rings is 2. The summed E-state index contributed by atoms with van der Waals surface area (Å²) in [7, 11) is 4.69. The number of carbonyl (C=O) groups excluding carboxylic acids is 1. The zero-order chi connectivity index (χ0) is 16.4. The van der Waals surface area contributed by atoms with E-state index in [1.165, 1.54) is 7.11 Å². The quantitative estimate of drug-likeness (QED) is 0.810. The summed E-state index contributed by atoms with van der Waals surface area (Å²) in [5.74, 6) is 1.89. The molecule has 3 rings (SSSR count). The third-order valence-corrected chi connectivity index (χ3v) is 3.63. The number of ether oxygens (including phenoxy) is 4. The van der Waals surface area contributed by atoms with Crippen molar-refractivity contribution in [3.63, 3.8) is 0 Å². The first-order chi connectivity index (χ1) is 11.2. The van der Waals surface area contributed by atoms with Gasteiger partial charge in [-0.25, -0.2) is 4.79 Å². The van der Waals surface area contributed by atoms with Crippen LogP contribution in [0.1, 0.15) is 21.5 Å². The molecule has 0 atom stereocenters. The Balaban J connectivity index is 2.04. The summed E-state index contributed by atoms with van der Waals surface area (Å²) in [5.41, 5.74) is 2.04. The summed E-state index contributed by atoms with van der Waals surface area (Å²) in [4.78, 5) is 12.1. The largest absolute Gasteiger partial charge is 0.497 e. The molecule has 0 saturated carbocycles. The summed E-state index contributed by atoms with van der Waals surface area (Å²) < 4.78 is 21.0. The third kappa shape index (κ3) is 2.73. The van der Waals surface area contributed by atoms with Crippen molar-refractivity contribution in [1.82, 2.24) is 0 Å². The molecule has 0 saturated heterocycles. The molecule has 0 radical (unpaired) electrons. The molecule has 1 aliphatic heterocycles. The van der Waals surface area contributed by atoms with E-state index in [-0.39, 0.29) is 0 Å². The van der Waals surface area contributed by atoms with Gasteiger partial charge in [-0.1, -0.05) is 12.1 Å². The SMILES string of the molecule is COc1ccc(/C=C2\OC(=O)c3cc(OC)c(OC)cc32)cc1. The van der Waals surface area contributed by atoms with E-state index in [4.69, 9.17) is 18.9 Å². The predicted molar refractivity (Wildman–Crippen MR) is 85.8 cm³/mol. The number of hydrogen-bond acceptors (Lipinski definition) is 5. The second kappa shape index (κ2) is 6.04. The number of methoxy groups -OCH3 is 3. The lowest BCUT2D eigenvalue weighted by Gasteiger charge is -2.08. The molecule has 5 nitrogen and oxygen atoms in total. The summed E-state index contributed by atoms with van der Waals surface area (Å²) in [6, 6.07) is 10.8. The van der Waals surface area contributed by atoms with Gasteiger partial charge in [0.2, 0.25) is 0 Å². The van der Waals surface area contributed by atoms with Crippen LogP contribution in [-0.4, -0.2) is 27.3 Å². The van der Waals surface area contributed by atoms with Crippen LogP contribution in [0.5, 0.6) is 17.2 Å². The highest BCUT2D eigenvalue weighted by molar-refractivity contribution is 6.06. The van der Waals surface area contributed by atoms with E-state index in [9.17, 15) is 4.79 Å². The Hall–Kier alpha value is -2.95. The fourth-order valence-corrected chi connectivity index (χ4v) is 2.42. The Kier molecular flexibility index (Phi) is 3.93. The van der Waals surface area contributed by atoms with Crippen LogP contribution in [0.2, 0.25) is 0 Å². The van der Waals surface area contributed by atoms with Crippen molar-refractivity contribution in [2.45, 2.75) is 0 Å². The van der Waals surface area contributed by atoms with Crippen LogP contribution in [0.25, 0.3) is 11.8 Å². The van der Waals surface area contributed by atoms with E-state index >= 15 is 0 Å². The van der Waals surface area contributed by atoms with Crippen molar-refractivity contribution in [2.75, 3.05) is 21.3 Å². The Bertz CT molecular complexity index is 775. The van der Waals surface area contributed by atoms with Crippen LogP contribution in [0, 0.1) is 0 Å². The number of esters is 1. The predicted octanol–water partition coefficient (Wildman–Crippen LogP) is 3.38. The number of cyclic esters (lactones) is 1. The Labute approximate surface area is 134 Å². The van der Waals surface area contributed by atoms with Gasteiger partial charge in [-0.15, -0.1) is 0 Å². The standard InChI is InChI=1S/C18H16O5/c1-20-12-6-4-11(5-7-12)8-15-13-9-16(21-2)17(22-3)10-14(13)18(19)23-15/h4-10H,1-3H3/b15-8-. The molecule has 0 unspecified atom stereocenters. The number of fused-ring (bicyclic) bond motifs is 1. The smallest absolute Gasteiger partial charge is 0.344 e. The van der Waals surface area contributed by atoms with Crippen molar-refractivity contribution in [1.29, 1.82) is 0 Å². The molecule has 2 aromatic carbocycles. The fraction of sp³-hybridized carbons (Fsp3) is 0.167. The van der Waals surface area contributed by atoms with Crippen molar-refractivity contribution >= 4 is 17.8 Å². The van der Waals surface area contributed by atoms with E-state index in [1.54, 1.807) is 32.4 Å². The highest BCUT2D eigenvalue weighted by atomic mass is 16.5. The molecule has 118 valence electrons. The molecule has 0 bridgehead atoms. The van der Waals surface area contributed by atoms with Gasteiger partial charge in [0.25, 0.3) is 0 Å². The van der Waals surface area contributed by atoms with Crippen LogP contribution in [0.4, 0.5) is 0 Å². The maximum atomic E-state index is 12.1. The first-order valence-corrected chi connectivity index (χ1v) is 7.00. The monoisotopic (exact) mass is 312 g/mol. The highest BCUT2D eigenvalue weighted by Crippen LogP contribution is 2.39. The normalized spacial score (nSPS) is 14.4. The molecule has 1 aliphatic rings. The van der Waals surface area contributed by atoms with Crippen molar-refractivity contribution < 1.29 is 23.7 Å². The van der Waals surface area contributed by atoms with Gasteiger partial charge in [-0.05, 0) is 35.9 Å². The fourth-order valence-electron chi connectivity index (χ4n) is 2.42. The van der Waals surface area contributed by atoms with Gasteiger partial charge in [0.1, 0.15) is 11.5 Å². The van der Waals surface area contributed by atoms with Gasteiger partial charge in [0.15, 0.2) is 11.5 Å². The minimum Gasteiger partial charge on any atom is -0.497 e. The maximum absolute atomic E-state index is 12.1. The number of carbonyl (C=O) groups is 1. The van der Waals surface area contributed by atoms with Gasteiger partial charge < -0.3 is 18.9 Å². The second-order valence-corrected chi connectivity index (χ2v) is 4.92. The average Bonchev–Trinajstić information content (AvgIpc) is 2.89. The second-order valence-electron chi connectivity index (χ2n) is 4.92. The highest BCUT2D eigenvalue weighted by Gasteiger charge is 2.29. The molecule has 0 spiro atoms. The third-order valence-electron chi connectivity index (χ3n) is 3.63. The lowest BCUT2D eigenvalue weighted by Crippen LogP contribution is -1.96. The molecular formula is C18H16O5. The Morgan fingerprint density at radius 3 is 2.04 bits per heavy atom. The molecule has 5 heteroatoms. The van der Waals surface area contributed by atoms with Gasteiger partial charge in [-0.2, -0.15) is 0 Å². The Morgan fingerprint density at radius 2 is 1.48 bits per heavy atom. The maximum Gasteiger partial charge on any atom is 0.344 e. The van der Waals surface area contributed by atoms with Gasteiger partial charge in [-0.3, -0.25) is 0 Å². The zero-order valence-electron chi connectivity index (χ0n) is 13.1. The Morgan fingerprint density at radius 1 is 0.870 bits per heavy atom. The zero-order valence-corrected chi connectivity index (χ0v) is 13.1. The van der Waals surface area contributed by atoms with Crippen LogP contribution in [0.3, 0.4) is 0 Å². The molecule has 2 aromatic rings.